The second-order valence-electron chi connectivity index (χ2n) is 7.15. The minimum atomic E-state index is -0.483. The van der Waals surface area contributed by atoms with Gasteiger partial charge in [-0.15, -0.1) is 0 Å². The van der Waals surface area contributed by atoms with Crippen LogP contribution in [0, 0.1) is 0 Å². The summed E-state index contributed by atoms with van der Waals surface area (Å²) in [5, 5.41) is 2.77. The molecule has 3 rings (SSSR count). The Kier molecular flexibility index (Phi) is 8.60. The number of amides is 3. The van der Waals surface area contributed by atoms with Gasteiger partial charge in [-0.25, -0.2) is 0 Å². The minimum absolute atomic E-state index is 0.243. The smallest absolute Gasteiger partial charge is 0.269 e. The molecule has 7 nitrogen and oxygen atoms in total. The third-order valence-electron chi connectivity index (χ3n) is 4.68. The van der Waals surface area contributed by atoms with E-state index >= 15 is 0 Å². The summed E-state index contributed by atoms with van der Waals surface area (Å²) in [6.07, 6.45) is 1.98. The number of nitrogens with one attached hydrogen (secondary N) is 3. The molecular weight excluding hydrogens is 486 g/mol. The molecule has 3 aromatic carbocycles. The van der Waals surface area contributed by atoms with Gasteiger partial charge in [0.2, 0.25) is 0 Å². The van der Waals surface area contributed by atoms with Crippen LogP contribution in [-0.2, 0) is 0 Å². The molecule has 0 aromatic heterocycles. The molecule has 8 heteroatoms. The van der Waals surface area contributed by atoms with Crippen molar-refractivity contribution in [1.82, 2.24) is 10.9 Å². The van der Waals surface area contributed by atoms with Crippen molar-refractivity contribution in [3.8, 4) is 5.75 Å². The van der Waals surface area contributed by atoms with E-state index in [-0.39, 0.29) is 5.91 Å². The van der Waals surface area contributed by atoms with Crippen LogP contribution in [0.1, 0.15) is 50.8 Å². The highest BCUT2D eigenvalue weighted by molar-refractivity contribution is 9.10. The molecule has 0 bridgehead atoms. The Labute approximate surface area is 200 Å². The Balaban J connectivity index is 1.52. The average Bonchev–Trinajstić information content (AvgIpc) is 2.84. The van der Waals surface area contributed by atoms with Gasteiger partial charge in [0, 0.05) is 22.4 Å². The van der Waals surface area contributed by atoms with E-state index in [1.54, 1.807) is 66.7 Å². The number of unbranched alkanes of at least 4 members (excludes halogenated alkanes) is 1. The molecule has 3 aromatic rings. The zero-order valence-electron chi connectivity index (χ0n) is 18.1. The van der Waals surface area contributed by atoms with Gasteiger partial charge in [0.1, 0.15) is 5.75 Å². The first-order chi connectivity index (χ1) is 16.0. The molecule has 0 aliphatic rings. The van der Waals surface area contributed by atoms with Crippen molar-refractivity contribution in [3.05, 3.63) is 94.0 Å². The van der Waals surface area contributed by atoms with Crippen molar-refractivity contribution in [2.45, 2.75) is 19.8 Å². The molecule has 0 saturated carbocycles. The highest BCUT2D eigenvalue weighted by Gasteiger charge is 2.12. The molecule has 0 spiro atoms. The molecule has 3 N–H and O–H groups in total. The molecule has 0 fully saturated rings. The first-order valence-corrected chi connectivity index (χ1v) is 11.3. The average molecular weight is 510 g/mol. The van der Waals surface area contributed by atoms with Crippen molar-refractivity contribution in [1.29, 1.82) is 0 Å². The quantitative estimate of drug-likeness (QED) is 0.295. The van der Waals surface area contributed by atoms with Crippen molar-refractivity contribution in [2.75, 3.05) is 11.9 Å². The molecule has 0 saturated heterocycles. The van der Waals surface area contributed by atoms with Crippen molar-refractivity contribution < 1.29 is 19.1 Å². The van der Waals surface area contributed by atoms with Gasteiger partial charge >= 0.3 is 0 Å². The molecule has 3 amide bonds. The summed E-state index contributed by atoms with van der Waals surface area (Å²) in [5.74, 6) is -0.532. The third-order valence-corrected chi connectivity index (χ3v) is 5.30. The number of hydrogen-bond acceptors (Lipinski definition) is 4. The lowest BCUT2D eigenvalue weighted by atomic mass is 10.1. The van der Waals surface area contributed by atoms with Gasteiger partial charge in [-0.05, 0) is 76.9 Å². The number of carbonyl (C=O) groups is 3. The van der Waals surface area contributed by atoms with E-state index < -0.39 is 11.8 Å². The number of rotatable bonds is 8. The number of halogens is 1. The van der Waals surface area contributed by atoms with E-state index in [1.165, 1.54) is 0 Å². The zero-order valence-corrected chi connectivity index (χ0v) is 19.6. The van der Waals surface area contributed by atoms with Gasteiger partial charge in [0.15, 0.2) is 0 Å². The largest absolute Gasteiger partial charge is 0.492 e. The van der Waals surface area contributed by atoms with Crippen LogP contribution in [0.4, 0.5) is 5.69 Å². The summed E-state index contributed by atoms with van der Waals surface area (Å²) in [7, 11) is 0. The van der Waals surface area contributed by atoms with Gasteiger partial charge in [-0.2, -0.15) is 0 Å². The predicted molar refractivity (Wildman–Crippen MR) is 130 cm³/mol. The van der Waals surface area contributed by atoms with E-state index in [9.17, 15) is 14.4 Å². The van der Waals surface area contributed by atoms with Crippen molar-refractivity contribution in [2.24, 2.45) is 0 Å². The Morgan fingerprint density at radius 2 is 1.39 bits per heavy atom. The Bertz CT molecular complexity index is 1120. The van der Waals surface area contributed by atoms with Crippen molar-refractivity contribution >= 4 is 39.3 Å². The van der Waals surface area contributed by atoms with E-state index in [4.69, 9.17) is 4.74 Å². The SMILES string of the molecule is CCCCOc1ccc(C(=O)NNC(=O)c2ccc(NC(=O)c3ccccc3)cc2)cc1Br. The maximum absolute atomic E-state index is 12.4. The monoisotopic (exact) mass is 509 g/mol. The van der Waals surface area contributed by atoms with Gasteiger partial charge in [0.25, 0.3) is 17.7 Å². The normalized spacial score (nSPS) is 10.2. The fourth-order valence-corrected chi connectivity index (χ4v) is 3.33. The summed E-state index contributed by atoms with van der Waals surface area (Å²) in [5.41, 5.74) is 6.56. The number of hydrazine groups is 1. The van der Waals surface area contributed by atoms with Crippen LogP contribution >= 0.6 is 15.9 Å². The number of benzene rings is 3. The third kappa shape index (κ3) is 6.92. The molecule has 0 atom stereocenters. The number of carbonyl (C=O) groups excluding carboxylic acids is 3. The van der Waals surface area contributed by atoms with Crippen LogP contribution in [0.5, 0.6) is 5.75 Å². The number of ether oxygens (including phenoxy) is 1. The van der Waals surface area contributed by atoms with E-state index in [0.717, 1.165) is 12.8 Å². The van der Waals surface area contributed by atoms with Gasteiger partial charge in [0.05, 0.1) is 11.1 Å². The molecule has 0 unspecified atom stereocenters. The Morgan fingerprint density at radius 3 is 2.03 bits per heavy atom. The van der Waals surface area contributed by atoms with E-state index in [1.807, 2.05) is 6.07 Å². The van der Waals surface area contributed by atoms with Crippen LogP contribution in [0.3, 0.4) is 0 Å². The second-order valence-corrected chi connectivity index (χ2v) is 8.01. The van der Waals surface area contributed by atoms with Gasteiger partial charge in [-0.3, -0.25) is 25.2 Å². The summed E-state index contributed by atoms with van der Waals surface area (Å²) >= 11 is 3.40. The molecular formula is C25H24BrN3O4. The first kappa shape index (κ1) is 24.0. The lowest BCUT2D eigenvalue weighted by Crippen LogP contribution is -2.41. The van der Waals surface area contributed by atoms with Crippen LogP contribution in [0.25, 0.3) is 0 Å². The van der Waals surface area contributed by atoms with Gasteiger partial charge in [-0.1, -0.05) is 31.5 Å². The van der Waals surface area contributed by atoms with Crippen molar-refractivity contribution in [3.63, 3.8) is 0 Å². The lowest BCUT2D eigenvalue weighted by molar-refractivity contribution is 0.0846. The molecule has 33 heavy (non-hydrogen) atoms. The molecule has 0 heterocycles. The highest BCUT2D eigenvalue weighted by Crippen LogP contribution is 2.26. The number of anilines is 1. The van der Waals surface area contributed by atoms with Crippen LogP contribution in [0.15, 0.2) is 77.3 Å². The first-order valence-electron chi connectivity index (χ1n) is 10.5. The number of hydrogen-bond donors (Lipinski definition) is 3. The van der Waals surface area contributed by atoms with Crippen LogP contribution in [-0.4, -0.2) is 24.3 Å². The molecule has 170 valence electrons. The summed E-state index contributed by atoms with van der Waals surface area (Å²) in [6, 6.07) is 20.1. The van der Waals surface area contributed by atoms with Crippen LogP contribution < -0.4 is 20.9 Å². The maximum Gasteiger partial charge on any atom is 0.269 e. The Morgan fingerprint density at radius 1 is 0.788 bits per heavy atom. The lowest BCUT2D eigenvalue weighted by Gasteiger charge is -2.11. The summed E-state index contributed by atoms with van der Waals surface area (Å²) in [4.78, 5) is 36.9. The fourth-order valence-electron chi connectivity index (χ4n) is 2.84. The topological polar surface area (TPSA) is 96.5 Å². The summed E-state index contributed by atoms with van der Waals surface area (Å²) < 4.78 is 6.31. The molecule has 0 aliphatic carbocycles. The molecule has 0 radical (unpaired) electrons. The second kappa shape index (κ2) is 11.8. The Hall–Kier alpha value is -3.65. The molecule has 0 aliphatic heterocycles. The fraction of sp³-hybridized carbons (Fsp3) is 0.160. The minimum Gasteiger partial charge on any atom is -0.492 e. The van der Waals surface area contributed by atoms with E-state index in [0.29, 0.717) is 39.2 Å². The maximum atomic E-state index is 12.4. The standard InChI is InChI=1S/C25H24BrN3O4/c1-2-3-15-33-22-14-11-19(16-21(22)26)25(32)29-28-24(31)18-9-12-20(13-10-18)27-23(30)17-7-5-4-6-8-17/h4-14,16H,2-3,15H2,1H3,(H,27,30)(H,28,31)(H,29,32). The van der Waals surface area contributed by atoms with Crippen LogP contribution in [0.2, 0.25) is 0 Å². The predicted octanol–water partition coefficient (Wildman–Crippen LogP) is 4.96. The van der Waals surface area contributed by atoms with E-state index in [2.05, 4.69) is 39.0 Å². The highest BCUT2D eigenvalue weighted by atomic mass is 79.9. The summed E-state index contributed by atoms with van der Waals surface area (Å²) in [6.45, 7) is 2.68. The van der Waals surface area contributed by atoms with Gasteiger partial charge < -0.3 is 10.1 Å². The zero-order chi connectivity index (χ0) is 23.6.